The zero-order valence-electron chi connectivity index (χ0n) is 17.9. The Balaban J connectivity index is 1.75. The number of allylic oxidation sites excluding steroid dienone is 2. The fourth-order valence-corrected chi connectivity index (χ4v) is 3.48. The van der Waals surface area contributed by atoms with Crippen molar-refractivity contribution in [3.05, 3.63) is 59.7 Å². The van der Waals surface area contributed by atoms with Crippen molar-refractivity contribution in [2.75, 3.05) is 13.2 Å². The molecule has 11 heteroatoms. The Kier molecular flexibility index (Phi) is 7.00. The molecule has 3 aliphatic heterocycles. The molecule has 11 nitrogen and oxygen atoms in total. The Hall–Kier alpha value is -3.09. The van der Waals surface area contributed by atoms with E-state index in [1.165, 1.54) is 12.2 Å². The molecule has 0 unspecified atom stereocenters. The molecule has 1 aromatic rings. The third kappa shape index (κ3) is 4.82. The predicted octanol–water partition coefficient (Wildman–Crippen LogP) is -1.63. The van der Waals surface area contributed by atoms with Gasteiger partial charge in [0.2, 0.25) is 5.72 Å². The lowest BCUT2D eigenvalue weighted by molar-refractivity contribution is -0.230. The van der Waals surface area contributed by atoms with Crippen molar-refractivity contribution in [2.45, 2.75) is 43.1 Å². The SMILES string of the molecule is C[C@](O)(CO)[C@H](O)[C@@]12NC(=O)[C@@](O)(NC1=O)/C(=C/C=C/C(=O)OCc1ccccc1)CCO2. The van der Waals surface area contributed by atoms with Gasteiger partial charge in [-0.3, -0.25) is 9.59 Å². The number of aliphatic hydroxyl groups is 4. The number of esters is 1. The standard InChI is InChI=1S/C22H26N2O9/c1-20(30,13-25)17(27)22-19(29)23-21(31,18(28)24-22)15(10-11-33-22)8-5-9-16(26)32-12-14-6-3-2-4-7-14/h2-9,17,25,27,30-31H,10-13H2,1H3,(H,23,29)(H,24,28)/b9-5+,15-8+/t17-,20-,21+,22-/m0/s1. The molecular weight excluding hydrogens is 436 g/mol. The Morgan fingerprint density at radius 3 is 2.64 bits per heavy atom. The van der Waals surface area contributed by atoms with Crippen molar-refractivity contribution < 1.29 is 44.3 Å². The van der Waals surface area contributed by atoms with Gasteiger partial charge in [-0.2, -0.15) is 0 Å². The lowest BCUT2D eigenvalue weighted by Gasteiger charge is -2.49. The molecule has 2 amide bonds. The van der Waals surface area contributed by atoms with E-state index in [0.29, 0.717) is 0 Å². The number of amides is 2. The maximum absolute atomic E-state index is 12.8. The van der Waals surface area contributed by atoms with E-state index < -0.39 is 47.5 Å². The zero-order valence-corrected chi connectivity index (χ0v) is 17.9. The topological polar surface area (TPSA) is 175 Å². The second kappa shape index (κ2) is 9.41. The van der Waals surface area contributed by atoms with Crippen LogP contribution in [0.3, 0.4) is 0 Å². The van der Waals surface area contributed by atoms with E-state index in [1.54, 1.807) is 12.1 Å². The molecule has 0 radical (unpaired) electrons. The van der Waals surface area contributed by atoms with E-state index in [0.717, 1.165) is 18.6 Å². The van der Waals surface area contributed by atoms with Crippen molar-refractivity contribution in [1.82, 2.24) is 10.6 Å². The number of piperazine rings is 1. The predicted molar refractivity (Wildman–Crippen MR) is 112 cm³/mol. The molecule has 178 valence electrons. The largest absolute Gasteiger partial charge is 0.458 e. The summed E-state index contributed by atoms with van der Waals surface area (Å²) in [5, 5.41) is 45.1. The van der Waals surface area contributed by atoms with Gasteiger partial charge in [0, 0.05) is 6.08 Å². The number of carbonyl (C=O) groups is 3. The number of ether oxygens (including phenoxy) is 2. The van der Waals surface area contributed by atoms with Crippen LogP contribution in [0.4, 0.5) is 0 Å². The third-order valence-corrected chi connectivity index (χ3v) is 5.47. The number of benzene rings is 1. The summed E-state index contributed by atoms with van der Waals surface area (Å²) in [4.78, 5) is 37.4. The minimum atomic E-state index is -2.48. The third-order valence-electron chi connectivity index (χ3n) is 5.47. The Morgan fingerprint density at radius 2 is 1.97 bits per heavy atom. The molecule has 33 heavy (non-hydrogen) atoms. The summed E-state index contributed by atoms with van der Waals surface area (Å²) in [5.41, 5.74) is -6.28. The van der Waals surface area contributed by atoms with Crippen LogP contribution in [-0.4, -0.2) is 74.6 Å². The molecular formula is C22H26N2O9. The Labute approximate surface area is 189 Å². The van der Waals surface area contributed by atoms with Gasteiger partial charge in [-0.05, 0) is 24.5 Å². The molecule has 2 bridgehead atoms. The Morgan fingerprint density at radius 1 is 1.27 bits per heavy atom. The van der Waals surface area contributed by atoms with Gasteiger partial charge in [0.05, 0.1) is 13.2 Å². The van der Waals surface area contributed by atoms with E-state index >= 15 is 0 Å². The summed E-state index contributed by atoms with van der Waals surface area (Å²) in [6.07, 6.45) is 1.51. The zero-order chi connectivity index (χ0) is 24.3. The van der Waals surface area contributed by atoms with Crippen LogP contribution < -0.4 is 10.6 Å². The minimum Gasteiger partial charge on any atom is -0.458 e. The van der Waals surface area contributed by atoms with Crippen LogP contribution in [-0.2, 0) is 30.5 Å². The number of hydrogen-bond acceptors (Lipinski definition) is 9. The second-order valence-corrected chi connectivity index (χ2v) is 8.01. The number of aliphatic hydroxyl groups excluding tert-OH is 2. The van der Waals surface area contributed by atoms with E-state index in [4.69, 9.17) is 9.47 Å². The molecule has 1 aromatic carbocycles. The number of rotatable bonds is 7. The quantitative estimate of drug-likeness (QED) is 0.205. The lowest BCUT2D eigenvalue weighted by atomic mass is 9.84. The molecule has 0 saturated carbocycles. The van der Waals surface area contributed by atoms with Crippen LogP contribution in [0.5, 0.6) is 0 Å². The highest BCUT2D eigenvalue weighted by molar-refractivity contribution is 6.03. The van der Waals surface area contributed by atoms with Gasteiger partial charge in [-0.1, -0.05) is 42.5 Å². The highest BCUT2D eigenvalue weighted by atomic mass is 16.5. The summed E-state index contributed by atoms with van der Waals surface area (Å²) < 4.78 is 10.6. The molecule has 3 fully saturated rings. The summed E-state index contributed by atoms with van der Waals surface area (Å²) in [7, 11) is 0. The van der Waals surface area contributed by atoms with E-state index in [9.17, 15) is 34.8 Å². The number of nitrogens with one attached hydrogen (secondary N) is 2. The molecule has 3 saturated heterocycles. The fourth-order valence-electron chi connectivity index (χ4n) is 3.48. The molecule has 4 atom stereocenters. The van der Waals surface area contributed by atoms with Gasteiger partial charge in [0.15, 0.2) is 0 Å². The highest BCUT2D eigenvalue weighted by Gasteiger charge is 2.63. The molecule has 4 rings (SSSR count). The normalized spacial score (nSPS) is 29.1. The van der Waals surface area contributed by atoms with Crippen LogP contribution in [0.25, 0.3) is 0 Å². The molecule has 0 aliphatic carbocycles. The van der Waals surface area contributed by atoms with Crippen LogP contribution in [0.2, 0.25) is 0 Å². The van der Waals surface area contributed by atoms with Gasteiger partial charge in [0.25, 0.3) is 17.5 Å². The van der Waals surface area contributed by atoms with E-state index in [-0.39, 0.29) is 25.2 Å². The van der Waals surface area contributed by atoms with Crippen LogP contribution >= 0.6 is 0 Å². The van der Waals surface area contributed by atoms with Crippen molar-refractivity contribution >= 4 is 17.8 Å². The van der Waals surface area contributed by atoms with Gasteiger partial charge in [0.1, 0.15) is 18.3 Å². The average molecular weight is 462 g/mol. The summed E-state index contributed by atoms with van der Waals surface area (Å²) in [6, 6.07) is 9.04. The molecule has 0 aromatic heterocycles. The van der Waals surface area contributed by atoms with Crippen molar-refractivity contribution in [3.8, 4) is 0 Å². The number of fused-ring (bicyclic) bond motifs is 5. The lowest BCUT2D eigenvalue weighted by Crippen LogP contribution is -2.82. The van der Waals surface area contributed by atoms with Gasteiger partial charge < -0.3 is 40.5 Å². The molecule has 3 heterocycles. The molecule has 0 spiro atoms. The van der Waals surface area contributed by atoms with E-state index in [2.05, 4.69) is 10.6 Å². The monoisotopic (exact) mass is 462 g/mol. The highest BCUT2D eigenvalue weighted by Crippen LogP contribution is 2.33. The first-order valence-electron chi connectivity index (χ1n) is 10.2. The maximum Gasteiger partial charge on any atom is 0.331 e. The van der Waals surface area contributed by atoms with E-state index in [1.807, 2.05) is 18.2 Å². The number of hydrogen-bond donors (Lipinski definition) is 6. The first-order chi connectivity index (χ1) is 15.5. The maximum atomic E-state index is 12.8. The van der Waals surface area contributed by atoms with Crippen molar-refractivity contribution in [3.63, 3.8) is 0 Å². The summed E-state index contributed by atoms with van der Waals surface area (Å²) >= 11 is 0. The molecule has 6 N–H and O–H groups in total. The van der Waals surface area contributed by atoms with Gasteiger partial charge >= 0.3 is 5.97 Å². The first kappa shape index (κ1) is 24.6. The summed E-state index contributed by atoms with van der Waals surface area (Å²) in [5.74, 6) is -2.90. The minimum absolute atomic E-state index is 0.0113. The second-order valence-electron chi connectivity index (χ2n) is 8.01. The van der Waals surface area contributed by atoms with Crippen LogP contribution in [0.1, 0.15) is 18.9 Å². The van der Waals surface area contributed by atoms with Crippen LogP contribution in [0.15, 0.2) is 54.1 Å². The van der Waals surface area contributed by atoms with Gasteiger partial charge in [-0.15, -0.1) is 0 Å². The smallest absolute Gasteiger partial charge is 0.331 e. The van der Waals surface area contributed by atoms with Crippen molar-refractivity contribution in [2.24, 2.45) is 0 Å². The molecule has 3 aliphatic rings. The fraction of sp³-hybridized carbons (Fsp3) is 0.409. The average Bonchev–Trinajstić information content (AvgIpc) is 2.79. The Bertz CT molecular complexity index is 975. The van der Waals surface area contributed by atoms with Crippen molar-refractivity contribution in [1.29, 1.82) is 0 Å². The van der Waals surface area contributed by atoms with Crippen LogP contribution in [0, 0.1) is 0 Å². The number of carbonyl (C=O) groups excluding carboxylic acids is 3. The summed E-state index contributed by atoms with van der Waals surface area (Å²) in [6.45, 7) is -0.0453. The first-order valence-corrected chi connectivity index (χ1v) is 10.2. The van der Waals surface area contributed by atoms with Gasteiger partial charge in [-0.25, -0.2) is 4.79 Å².